The molecule has 6 atom stereocenters. The number of fused-ring (bicyclic) bond motifs is 2. The molecule has 2 bridgehead atoms. The van der Waals surface area contributed by atoms with Crippen LogP contribution in [0.4, 0.5) is 0 Å². The maximum absolute atomic E-state index is 4.12. The van der Waals surface area contributed by atoms with Crippen molar-refractivity contribution in [2.45, 2.75) is 85.2 Å². The van der Waals surface area contributed by atoms with E-state index in [0.717, 1.165) is 29.8 Å². The molecule has 3 saturated carbocycles. The quantitative estimate of drug-likeness (QED) is 0.767. The third-order valence-electron chi connectivity index (χ3n) is 7.64. The van der Waals surface area contributed by atoms with Crippen LogP contribution in [0.15, 0.2) is 0 Å². The highest BCUT2D eigenvalue weighted by Gasteiger charge is 2.61. The maximum Gasteiger partial charge on any atom is 0.0132 e. The van der Waals surface area contributed by atoms with Crippen molar-refractivity contribution in [1.29, 1.82) is 0 Å². The molecule has 110 valence electrons. The molecule has 0 heterocycles. The predicted molar refractivity (Wildman–Crippen MR) is 82.1 cm³/mol. The van der Waals surface area contributed by atoms with Crippen LogP contribution in [0.3, 0.4) is 0 Å². The minimum Gasteiger partial charge on any atom is -0.310 e. The third kappa shape index (κ3) is 1.99. The molecular formula is C18H33N. The van der Waals surface area contributed by atoms with Gasteiger partial charge in [-0.3, -0.25) is 0 Å². The molecule has 3 fully saturated rings. The Morgan fingerprint density at radius 2 is 1.68 bits per heavy atom. The lowest BCUT2D eigenvalue weighted by atomic mass is 9.68. The number of hydrogen-bond acceptors (Lipinski definition) is 1. The first kappa shape index (κ1) is 13.9. The van der Waals surface area contributed by atoms with E-state index in [1.165, 1.54) is 38.5 Å². The van der Waals surface area contributed by atoms with E-state index in [-0.39, 0.29) is 0 Å². The lowest BCUT2D eigenvalue weighted by Crippen LogP contribution is -2.51. The Hall–Kier alpha value is -0.0400. The molecule has 0 aromatic rings. The van der Waals surface area contributed by atoms with Crippen LogP contribution in [-0.2, 0) is 0 Å². The Morgan fingerprint density at radius 1 is 0.947 bits per heavy atom. The van der Waals surface area contributed by atoms with E-state index in [0.29, 0.717) is 10.8 Å². The van der Waals surface area contributed by atoms with Crippen molar-refractivity contribution < 1.29 is 0 Å². The summed E-state index contributed by atoms with van der Waals surface area (Å²) in [7, 11) is 0. The summed E-state index contributed by atoms with van der Waals surface area (Å²) in [6.45, 7) is 12.5. The van der Waals surface area contributed by atoms with Crippen molar-refractivity contribution in [2.75, 3.05) is 0 Å². The van der Waals surface area contributed by atoms with Gasteiger partial charge in [-0.25, -0.2) is 0 Å². The zero-order valence-corrected chi connectivity index (χ0v) is 13.6. The first-order chi connectivity index (χ1) is 8.84. The van der Waals surface area contributed by atoms with Gasteiger partial charge in [0.05, 0.1) is 0 Å². The molecule has 3 aliphatic carbocycles. The van der Waals surface area contributed by atoms with Crippen molar-refractivity contribution >= 4 is 0 Å². The minimum absolute atomic E-state index is 0.542. The predicted octanol–water partition coefficient (Wildman–Crippen LogP) is 4.62. The Labute approximate surface area is 119 Å². The van der Waals surface area contributed by atoms with E-state index in [4.69, 9.17) is 0 Å². The van der Waals surface area contributed by atoms with E-state index < -0.39 is 0 Å². The van der Waals surface area contributed by atoms with Crippen LogP contribution in [0.5, 0.6) is 0 Å². The minimum atomic E-state index is 0.542. The second kappa shape index (κ2) is 4.48. The molecule has 0 aromatic heterocycles. The molecule has 0 aliphatic heterocycles. The normalized spacial score (nSPS) is 52.6. The van der Waals surface area contributed by atoms with Crippen molar-refractivity contribution in [1.82, 2.24) is 5.32 Å². The van der Waals surface area contributed by atoms with Crippen molar-refractivity contribution in [2.24, 2.45) is 28.6 Å². The van der Waals surface area contributed by atoms with E-state index in [9.17, 15) is 0 Å². The van der Waals surface area contributed by atoms with Gasteiger partial charge in [0, 0.05) is 12.1 Å². The molecule has 3 aliphatic rings. The molecule has 0 aromatic carbocycles. The number of nitrogens with one attached hydrogen (secondary N) is 1. The van der Waals surface area contributed by atoms with Gasteiger partial charge < -0.3 is 5.32 Å². The zero-order chi connectivity index (χ0) is 13.8. The van der Waals surface area contributed by atoms with E-state index in [1.807, 2.05) is 0 Å². The van der Waals surface area contributed by atoms with Crippen LogP contribution in [0, 0.1) is 28.6 Å². The molecule has 1 heteroatoms. The highest BCUT2D eigenvalue weighted by molar-refractivity contribution is 5.13. The maximum atomic E-state index is 4.12. The standard InChI is InChI=1S/C18H33N/c1-12-6-7-15(13(2)10-12)19-16-11-14-8-9-18(16,5)17(14,3)4/h12-16,19H,6-11H2,1-5H3. The summed E-state index contributed by atoms with van der Waals surface area (Å²) >= 11 is 0. The van der Waals surface area contributed by atoms with Gasteiger partial charge in [-0.2, -0.15) is 0 Å². The van der Waals surface area contributed by atoms with Gasteiger partial charge in [0.15, 0.2) is 0 Å². The van der Waals surface area contributed by atoms with Crippen LogP contribution < -0.4 is 5.32 Å². The molecule has 0 saturated heterocycles. The Kier molecular flexibility index (Phi) is 3.28. The van der Waals surface area contributed by atoms with E-state index in [1.54, 1.807) is 0 Å². The summed E-state index contributed by atoms with van der Waals surface area (Å²) in [5.74, 6) is 2.78. The molecule has 19 heavy (non-hydrogen) atoms. The lowest BCUT2D eigenvalue weighted by Gasteiger charge is -2.43. The summed E-state index contributed by atoms with van der Waals surface area (Å²) < 4.78 is 0. The largest absolute Gasteiger partial charge is 0.310 e. The van der Waals surface area contributed by atoms with Gasteiger partial charge in [-0.1, -0.05) is 34.6 Å². The summed E-state index contributed by atoms with van der Waals surface area (Å²) in [4.78, 5) is 0. The fourth-order valence-electron chi connectivity index (χ4n) is 5.63. The topological polar surface area (TPSA) is 12.0 Å². The van der Waals surface area contributed by atoms with Gasteiger partial charge in [0.1, 0.15) is 0 Å². The molecule has 0 spiro atoms. The van der Waals surface area contributed by atoms with Gasteiger partial charge in [0.2, 0.25) is 0 Å². The monoisotopic (exact) mass is 263 g/mol. The van der Waals surface area contributed by atoms with Crippen LogP contribution >= 0.6 is 0 Å². The lowest BCUT2D eigenvalue weighted by molar-refractivity contribution is 0.0997. The van der Waals surface area contributed by atoms with E-state index in [2.05, 4.69) is 39.9 Å². The van der Waals surface area contributed by atoms with Crippen molar-refractivity contribution in [3.05, 3.63) is 0 Å². The third-order valence-corrected chi connectivity index (χ3v) is 7.64. The first-order valence-electron chi connectivity index (χ1n) is 8.60. The van der Waals surface area contributed by atoms with E-state index >= 15 is 0 Å². The Bertz CT molecular complexity index is 348. The van der Waals surface area contributed by atoms with Crippen LogP contribution in [0.1, 0.15) is 73.1 Å². The van der Waals surface area contributed by atoms with Crippen molar-refractivity contribution in [3.8, 4) is 0 Å². The molecule has 0 amide bonds. The second-order valence-corrected chi connectivity index (χ2v) is 8.83. The highest BCUT2D eigenvalue weighted by Crippen LogP contribution is 2.65. The fourth-order valence-corrected chi connectivity index (χ4v) is 5.63. The van der Waals surface area contributed by atoms with Crippen LogP contribution in [0.2, 0.25) is 0 Å². The molecule has 1 N–H and O–H groups in total. The van der Waals surface area contributed by atoms with Crippen molar-refractivity contribution in [3.63, 3.8) is 0 Å². The number of rotatable bonds is 2. The van der Waals surface area contributed by atoms with Gasteiger partial charge >= 0.3 is 0 Å². The van der Waals surface area contributed by atoms with Crippen LogP contribution in [0.25, 0.3) is 0 Å². The average Bonchev–Trinajstić information content (AvgIpc) is 2.65. The second-order valence-electron chi connectivity index (χ2n) is 8.83. The summed E-state index contributed by atoms with van der Waals surface area (Å²) in [6, 6.07) is 1.57. The van der Waals surface area contributed by atoms with Crippen LogP contribution in [-0.4, -0.2) is 12.1 Å². The molecule has 1 nitrogen and oxygen atoms in total. The fraction of sp³-hybridized carbons (Fsp3) is 1.00. The van der Waals surface area contributed by atoms with Gasteiger partial charge in [-0.05, 0) is 67.1 Å². The summed E-state index contributed by atoms with van der Waals surface area (Å²) in [6.07, 6.45) is 8.60. The zero-order valence-electron chi connectivity index (χ0n) is 13.6. The molecule has 3 rings (SSSR count). The molecular weight excluding hydrogens is 230 g/mol. The highest BCUT2D eigenvalue weighted by atomic mass is 15.0. The SMILES string of the molecule is CC1CCC(NC2CC3CCC2(C)C3(C)C)C(C)C1. The van der Waals surface area contributed by atoms with Gasteiger partial charge in [-0.15, -0.1) is 0 Å². The smallest absolute Gasteiger partial charge is 0.0132 e. The Morgan fingerprint density at radius 3 is 2.21 bits per heavy atom. The average molecular weight is 263 g/mol. The first-order valence-corrected chi connectivity index (χ1v) is 8.60. The molecule has 0 radical (unpaired) electrons. The molecule has 6 unspecified atom stereocenters. The van der Waals surface area contributed by atoms with Gasteiger partial charge in [0.25, 0.3) is 0 Å². The summed E-state index contributed by atoms with van der Waals surface area (Å²) in [5.41, 5.74) is 1.09. The summed E-state index contributed by atoms with van der Waals surface area (Å²) in [5, 5.41) is 4.12. The Balaban J connectivity index is 1.69. The number of hydrogen-bond donors (Lipinski definition) is 1.